The van der Waals surface area contributed by atoms with E-state index < -0.39 is 0 Å². The van der Waals surface area contributed by atoms with Crippen LogP contribution in [0.3, 0.4) is 0 Å². The fourth-order valence-electron chi connectivity index (χ4n) is 0.924. The van der Waals surface area contributed by atoms with E-state index in [1.807, 2.05) is 40.7 Å². The van der Waals surface area contributed by atoms with Gasteiger partial charge in [-0.25, -0.2) is 0 Å². The molecule has 1 rings (SSSR count). The Morgan fingerprint density at radius 2 is 1.73 bits per heavy atom. The molecule has 15 heavy (non-hydrogen) atoms. The summed E-state index contributed by atoms with van der Waals surface area (Å²) in [4.78, 5) is 6.32. The number of aryl methyl sites for hydroxylation is 1. The van der Waals surface area contributed by atoms with Gasteiger partial charge in [-0.05, 0) is 32.2 Å². The van der Waals surface area contributed by atoms with E-state index >= 15 is 0 Å². The molecule has 0 amide bonds. The van der Waals surface area contributed by atoms with E-state index in [1.54, 1.807) is 11.3 Å². The van der Waals surface area contributed by atoms with Gasteiger partial charge in [0, 0.05) is 4.88 Å². The number of nitrogens with zero attached hydrogens (tertiary/aromatic N) is 1. The molecule has 1 aromatic heterocycles. The molecular formula is C13H23NS. The highest BCUT2D eigenvalue weighted by atomic mass is 32.1. The van der Waals surface area contributed by atoms with Crippen LogP contribution in [0.2, 0.25) is 0 Å². The zero-order valence-corrected chi connectivity index (χ0v) is 11.7. The zero-order chi connectivity index (χ0) is 12.4. The van der Waals surface area contributed by atoms with Crippen LogP contribution in [0.1, 0.15) is 44.4 Å². The van der Waals surface area contributed by atoms with Crippen molar-refractivity contribution >= 4 is 29.3 Å². The van der Waals surface area contributed by atoms with Gasteiger partial charge in [-0.1, -0.05) is 34.3 Å². The summed E-state index contributed by atoms with van der Waals surface area (Å²) in [5.74, 6) is 0. The molecule has 0 aliphatic carbocycles. The molecular weight excluding hydrogens is 202 g/mol. The number of allylic oxidation sites excluding steroid dienone is 1. The van der Waals surface area contributed by atoms with E-state index in [0.717, 1.165) is 16.1 Å². The number of aliphatic imine (C=N–C) groups is 1. The minimum atomic E-state index is 0.958. The van der Waals surface area contributed by atoms with Crippen molar-refractivity contribution in [1.29, 1.82) is 0 Å². The van der Waals surface area contributed by atoms with Gasteiger partial charge in [0.1, 0.15) is 0 Å². The van der Waals surface area contributed by atoms with Gasteiger partial charge < -0.3 is 0 Å². The normalized spacial score (nSPS) is 7.87. The predicted molar refractivity (Wildman–Crippen MR) is 75.7 cm³/mol. The third-order valence-corrected chi connectivity index (χ3v) is 2.60. The molecule has 0 N–H and O–H groups in total. The van der Waals surface area contributed by atoms with Crippen molar-refractivity contribution in [2.45, 2.75) is 41.5 Å². The lowest BCUT2D eigenvalue weighted by Gasteiger charge is -1.93. The van der Waals surface area contributed by atoms with E-state index in [0.29, 0.717) is 0 Å². The summed E-state index contributed by atoms with van der Waals surface area (Å²) < 4.78 is 0. The first-order valence-electron chi connectivity index (χ1n) is 5.38. The van der Waals surface area contributed by atoms with Crippen LogP contribution in [-0.2, 0) is 0 Å². The van der Waals surface area contributed by atoms with Gasteiger partial charge in [0.15, 0.2) is 0 Å². The van der Waals surface area contributed by atoms with Gasteiger partial charge in [0.2, 0.25) is 0 Å². The number of hydrogen-bond acceptors (Lipinski definition) is 2. The van der Waals surface area contributed by atoms with Crippen molar-refractivity contribution in [3.05, 3.63) is 22.4 Å². The van der Waals surface area contributed by atoms with Crippen LogP contribution in [0.4, 0.5) is 5.69 Å². The molecule has 86 valence electrons. The van der Waals surface area contributed by atoms with Gasteiger partial charge in [-0.2, -0.15) is 0 Å². The molecule has 0 spiro atoms. The lowest BCUT2D eigenvalue weighted by atomic mass is 10.2. The first-order valence-corrected chi connectivity index (χ1v) is 6.20. The number of hydrogen-bond donors (Lipinski definition) is 0. The average molecular weight is 225 g/mol. The van der Waals surface area contributed by atoms with Gasteiger partial charge in [-0.3, -0.25) is 4.99 Å². The molecule has 0 bridgehead atoms. The predicted octanol–water partition coefficient (Wildman–Crippen LogP) is 5.47. The monoisotopic (exact) mass is 225 g/mol. The van der Waals surface area contributed by atoms with Gasteiger partial charge in [0.05, 0.1) is 10.6 Å². The van der Waals surface area contributed by atoms with E-state index in [4.69, 9.17) is 0 Å². The van der Waals surface area contributed by atoms with E-state index in [1.165, 1.54) is 4.88 Å². The molecule has 0 aliphatic rings. The first kappa shape index (κ1) is 16.5. The topological polar surface area (TPSA) is 12.4 Å². The largest absolute Gasteiger partial charge is 0.263 e. The molecule has 0 saturated carbocycles. The van der Waals surface area contributed by atoms with Gasteiger partial charge in [-0.15, -0.1) is 11.3 Å². The van der Waals surface area contributed by atoms with E-state index in [2.05, 4.69) is 25.2 Å². The summed E-state index contributed by atoms with van der Waals surface area (Å²) in [5.41, 5.74) is 2.02. The SMILES string of the molecule is C=Nc1cc(C)sc1C(=C)C.CC.CC. The third kappa shape index (κ3) is 5.53. The molecule has 0 aromatic carbocycles. The Hall–Kier alpha value is -0.890. The fraction of sp³-hybridized carbons (Fsp3) is 0.462. The summed E-state index contributed by atoms with van der Waals surface area (Å²) >= 11 is 1.71. The van der Waals surface area contributed by atoms with Crippen LogP contribution < -0.4 is 0 Å². The van der Waals surface area contributed by atoms with Crippen LogP contribution in [0.5, 0.6) is 0 Å². The quantitative estimate of drug-likeness (QED) is 0.591. The number of rotatable bonds is 2. The van der Waals surface area contributed by atoms with Gasteiger partial charge in [0.25, 0.3) is 0 Å². The smallest absolute Gasteiger partial charge is 0.0807 e. The lowest BCUT2D eigenvalue weighted by molar-refractivity contribution is 1.50. The van der Waals surface area contributed by atoms with Crippen molar-refractivity contribution < 1.29 is 0 Å². The Labute approximate surface area is 98.6 Å². The Balaban J connectivity index is 0. The molecule has 1 heterocycles. The Bertz CT molecular complexity index is 297. The summed E-state index contributed by atoms with van der Waals surface area (Å²) in [6, 6.07) is 2.03. The first-order chi connectivity index (χ1) is 7.15. The van der Waals surface area contributed by atoms with Crippen molar-refractivity contribution in [1.82, 2.24) is 0 Å². The molecule has 1 nitrogen and oxygen atoms in total. The molecule has 1 aromatic rings. The van der Waals surface area contributed by atoms with Crippen LogP contribution >= 0.6 is 11.3 Å². The highest BCUT2D eigenvalue weighted by Crippen LogP contribution is 2.33. The Kier molecular flexibility index (Phi) is 10.6. The number of thiophene rings is 1. The second-order valence-corrected chi connectivity index (χ2v) is 3.77. The van der Waals surface area contributed by atoms with E-state index in [-0.39, 0.29) is 0 Å². The molecule has 0 saturated heterocycles. The van der Waals surface area contributed by atoms with Crippen molar-refractivity contribution in [3.8, 4) is 0 Å². The van der Waals surface area contributed by atoms with Crippen LogP contribution in [0, 0.1) is 6.92 Å². The minimum absolute atomic E-state index is 0.958. The Morgan fingerprint density at radius 3 is 2.00 bits per heavy atom. The highest BCUT2D eigenvalue weighted by Gasteiger charge is 2.04. The van der Waals surface area contributed by atoms with Crippen LogP contribution in [0.25, 0.3) is 5.57 Å². The Morgan fingerprint density at radius 1 is 1.27 bits per heavy atom. The standard InChI is InChI=1S/C9H11NS.2C2H6/c1-6(2)9-8(10-4)5-7(3)11-9;2*1-2/h5H,1,4H2,2-3H3;2*1-2H3. The second-order valence-electron chi connectivity index (χ2n) is 2.51. The maximum Gasteiger partial charge on any atom is 0.0807 e. The average Bonchev–Trinajstić information content (AvgIpc) is 2.65. The van der Waals surface area contributed by atoms with Crippen LogP contribution in [0.15, 0.2) is 17.6 Å². The summed E-state index contributed by atoms with van der Waals surface area (Å²) in [6.07, 6.45) is 0. The maximum atomic E-state index is 3.91. The van der Waals surface area contributed by atoms with E-state index in [9.17, 15) is 0 Å². The fourth-order valence-corrected chi connectivity index (χ4v) is 1.82. The van der Waals surface area contributed by atoms with Crippen molar-refractivity contribution in [3.63, 3.8) is 0 Å². The van der Waals surface area contributed by atoms with Crippen molar-refractivity contribution in [2.75, 3.05) is 0 Å². The molecule has 0 fully saturated rings. The molecule has 0 radical (unpaired) electrons. The summed E-state index contributed by atoms with van der Waals surface area (Å²) in [5, 5.41) is 0. The highest BCUT2D eigenvalue weighted by molar-refractivity contribution is 7.13. The maximum absolute atomic E-state index is 3.91. The zero-order valence-electron chi connectivity index (χ0n) is 10.8. The molecule has 0 atom stereocenters. The third-order valence-electron chi connectivity index (χ3n) is 1.39. The van der Waals surface area contributed by atoms with Crippen LogP contribution in [-0.4, -0.2) is 6.72 Å². The summed E-state index contributed by atoms with van der Waals surface area (Å²) in [6.45, 7) is 19.4. The molecule has 2 heteroatoms. The second kappa shape index (κ2) is 9.66. The molecule has 0 unspecified atom stereocenters. The lowest BCUT2D eigenvalue weighted by Crippen LogP contribution is -1.67. The van der Waals surface area contributed by atoms with Gasteiger partial charge >= 0.3 is 0 Å². The minimum Gasteiger partial charge on any atom is -0.263 e. The summed E-state index contributed by atoms with van der Waals surface area (Å²) in [7, 11) is 0. The molecule has 0 aliphatic heterocycles. The van der Waals surface area contributed by atoms with Crippen molar-refractivity contribution in [2.24, 2.45) is 4.99 Å².